The van der Waals surface area contributed by atoms with Gasteiger partial charge < -0.3 is 14.2 Å². The summed E-state index contributed by atoms with van der Waals surface area (Å²) in [6, 6.07) is 17.8. The van der Waals surface area contributed by atoms with E-state index in [0.717, 1.165) is 48.2 Å². The van der Waals surface area contributed by atoms with Crippen molar-refractivity contribution in [2.24, 2.45) is 5.92 Å². The molecule has 0 amide bonds. The first-order chi connectivity index (χ1) is 16.5. The average Bonchev–Trinajstić information content (AvgIpc) is 3.39. The Labute approximate surface area is 209 Å². The van der Waals surface area contributed by atoms with Crippen LogP contribution in [0.15, 0.2) is 59.3 Å². The Morgan fingerprint density at radius 2 is 1.88 bits per heavy atom. The molecule has 4 nitrogen and oxygen atoms in total. The van der Waals surface area contributed by atoms with Crippen molar-refractivity contribution in [1.82, 2.24) is 9.55 Å². The van der Waals surface area contributed by atoms with E-state index in [9.17, 15) is 0 Å². The van der Waals surface area contributed by atoms with Gasteiger partial charge in [0, 0.05) is 30.0 Å². The van der Waals surface area contributed by atoms with Crippen molar-refractivity contribution in [2.45, 2.75) is 39.2 Å². The molecule has 1 aromatic heterocycles. The molecule has 0 saturated heterocycles. The minimum Gasteiger partial charge on any atom is -0.495 e. The van der Waals surface area contributed by atoms with Crippen LogP contribution in [0, 0.1) is 19.8 Å². The number of halogens is 1. The zero-order valence-corrected chi connectivity index (χ0v) is 21.6. The Hall–Kier alpha value is -2.79. The molecule has 0 radical (unpaired) electrons. The van der Waals surface area contributed by atoms with Gasteiger partial charge in [-0.15, -0.1) is 0 Å². The summed E-state index contributed by atoms with van der Waals surface area (Å²) in [6.45, 7) is 7.36. The summed E-state index contributed by atoms with van der Waals surface area (Å²) in [5.41, 5.74) is 10.6. The van der Waals surface area contributed by atoms with Crippen LogP contribution in [0.3, 0.4) is 0 Å². The molecule has 3 aromatic carbocycles. The molecule has 34 heavy (non-hydrogen) atoms. The molecule has 0 N–H and O–H groups in total. The molecule has 2 atom stereocenters. The summed E-state index contributed by atoms with van der Waals surface area (Å²) >= 11 is 3.70. The first kappa shape index (κ1) is 21.7. The molecule has 1 aliphatic heterocycles. The van der Waals surface area contributed by atoms with Gasteiger partial charge in [-0.2, -0.15) is 0 Å². The summed E-state index contributed by atoms with van der Waals surface area (Å²) in [4.78, 5) is 7.22. The Balaban J connectivity index is 1.29. The third kappa shape index (κ3) is 3.52. The highest BCUT2D eigenvalue weighted by Gasteiger charge is 2.41. The van der Waals surface area contributed by atoms with Gasteiger partial charge in [0.05, 0.1) is 30.2 Å². The quantitative estimate of drug-likeness (QED) is 0.298. The average molecular weight is 516 g/mol. The number of hydrogen-bond donors (Lipinski definition) is 0. The van der Waals surface area contributed by atoms with E-state index < -0.39 is 0 Å². The maximum absolute atomic E-state index is 5.87. The van der Waals surface area contributed by atoms with Gasteiger partial charge in [0.15, 0.2) is 0 Å². The van der Waals surface area contributed by atoms with Crippen molar-refractivity contribution in [1.29, 1.82) is 0 Å². The van der Waals surface area contributed by atoms with Gasteiger partial charge in [-0.3, -0.25) is 0 Å². The minimum atomic E-state index is 0.442. The molecule has 2 heterocycles. The van der Waals surface area contributed by atoms with E-state index in [1.54, 1.807) is 7.11 Å². The van der Waals surface area contributed by atoms with Crippen LogP contribution in [0.4, 0.5) is 5.69 Å². The van der Waals surface area contributed by atoms with Gasteiger partial charge in [0.2, 0.25) is 0 Å². The van der Waals surface area contributed by atoms with Crippen LogP contribution in [0.5, 0.6) is 5.75 Å². The van der Waals surface area contributed by atoms with Gasteiger partial charge in [-0.1, -0.05) is 34.1 Å². The predicted octanol–water partition coefficient (Wildman–Crippen LogP) is 6.64. The molecular weight excluding hydrogens is 486 g/mol. The molecule has 0 unspecified atom stereocenters. The molecule has 0 saturated carbocycles. The highest BCUT2D eigenvalue weighted by atomic mass is 79.9. The lowest BCUT2D eigenvalue weighted by molar-refractivity contribution is 0.402. The Bertz CT molecular complexity index is 1390. The van der Waals surface area contributed by atoms with Crippen molar-refractivity contribution < 1.29 is 4.74 Å². The van der Waals surface area contributed by atoms with E-state index in [0.29, 0.717) is 11.8 Å². The Kier molecular flexibility index (Phi) is 5.40. The van der Waals surface area contributed by atoms with Crippen molar-refractivity contribution in [2.75, 3.05) is 25.1 Å². The van der Waals surface area contributed by atoms with Crippen LogP contribution in [0.2, 0.25) is 0 Å². The largest absolute Gasteiger partial charge is 0.495 e. The lowest BCUT2D eigenvalue weighted by Crippen LogP contribution is -2.38. The fraction of sp³-hybridized carbons (Fsp3) is 0.345. The SMILES string of the molecule is COc1cccc2c1N(CCCn1cnc3cc(C)c(C)cc31)C[C@@H]1Cc3ccc(Br)cc3[C@H]21. The summed E-state index contributed by atoms with van der Waals surface area (Å²) in [7, 11) is 1.79. The molecule has 5 heteroatoms. The van der Waals surface area contributed by atoms with Gasteiger partial charge in [-0.05, 0) is 90.8 Å². The number of aromatic nitrogens is 2. The predicted molar refractivity (Wildman–Crippen MR) is 142 cm³/mol. The summed E-state index contributed by atoms with van der Waals surface area (Å²) in [5.74, 6) is 2.03. The molecule has 4 aromatic rings. The maximum atomic E-state index is 5.87. The van der Waals surface area contributed by atoms with Gasteiger partial charge >= 0.3 is 0 Å². The van der Waals surface area contributed by atoms with Crippen molar-refractivity contribution in [3.63, 3.8) is 0 Å². The highest BCUT2D eigenvalue weighted by molar-refractivity contribution is 9.10. The monoisotopic (exact) mass is 515 g/mol. The molecule has 0 bridgehead atoms. The van der Waals surface area contributed by atoms with E-state index in [4.69, 9.17) is 4.74 Å². The van der Waals surface area contributed by atoms with Crippen LogP contribution in [-0.4, -0.2) is 29.8 Å². The third-order valence-corrected chi connectivity index (χ3v) is 8.31. The van der Waals surface area contributed by atoms with Gasteiger partial charge in [-0.25, -0.2) is 4.98 Å². The molecule has 2 aliphatic rings. The number of para-hydroxylation sites is 1. The molecule has 0 spiro atoms. The first-order valence-corrected chi connectivity index (χ1v) is 12.9. The van der Waals surface area contributed by atoms with Gasteiger partial charge in [0.1, 0.15) is 5.75 Å². The van der Waals surface area contributed by atoms with Crippen molar-refractivity contribution in [3.8, 4) is 5.75 Å². The second kappa shape index (κ2) is 8.46. The first-order valence-electron chi connectivity index (χ1n) is 12.2. The summed E-state index contributed by atoms with van der Waals surface area (Å²) in [6.07, 6.45) is 4.20. The lowest BCUT2D eigenvalue weighted by atomic mass is 9.81. The molecule has 1 aliphatic carbocycles. The molecule has 6 rings (SSSR count). The van der Waals surface area contributed by atoms with Crippen molar-refractivity contribution in [3.05, 3.63) is 87.1 Å². The molecule has 174 valence electrons. The third-order valence-electron chi connectivity index (χ3n) is 7.82. The summed E-state index contributed by atoms with van der Waals surface area (Å²) < 4.78 is 9.34. The van der Waals surface area contributed by atoms with Gasteiger partial charge in [0.25, 0.3) is 0 Å². The van der Waals surface area contributed by atoms with Crippen LogP contribution in [-0.2, 0) is 13.0 Å². The zero-order chi connectivity index (χ0) is 23.4. The number of benzene rings is 3. The summed E-state index contributed by atoms with van der Waals surface area (Å²) in [5, 5.41) is 0. The fourth-order valence-electron chi connectivity index (χ4n) is 6.08. The number of fused-ring (bicyclic) bond motifs is 6. The standard InChI is InChI=1S/C29H30BrN3O/c1-18-12-25-26(13-19(18)2)33(17-31-25)11-5-10-32-16-21-14-20-8-9-22(30)15-24(20)28(21)23-6-4-7-27(34-3)29(23)32/h4,6-9,12-13,15,17,21,28H,5,10-11,14,16H2,1-3H3/t21-,28-/m0/s1. The van der Waals surface area contributed by atoms with Crippen LogP contribution < -0.4 is 9.64 Å². The van der Waals surface area contributed by atoms with Crippen LogP contribution in [0.25, 0.3) is 11.0 Å². The number of anilines is 1. The zero-order valence-electron chi connectivity index (χ0n) is 20.0. The lowest BCUT2D eigenvalue weighted by Gasteiger charge is -2.39. The number of hydrogen-bond acceptors (Lipinski definition) is 3. The molecule has 0 fully saturated rings. The number of rotatable bonds is 5. The highest BCUT2D eigenvalue weighted by Crippen LogP contribution is 2.52. The number of methoxy groups -OCH3 is 1. The number of imidazole rings is 1. The fourth-order valence-corrected chi connectivity index (χ4v) is 6.46. The second-order valence-corrected chi connectivity index (χ2v) is 10.8. The van der Waals surface area contributed by atoms with Crippen LogP contribution >= 0.6 is 15.9 Å². The normalized spacial score (nSPS) is 18.6. The topological polar surface area (TPSA) is 30.3 Å². The Morgan fingerprint density at radius 3 is 2.74 bits per heavy atom. The second-order valence-electron chi connectivity index (χ2n) is 9.85. The van der Waals surface area contributed by atoms with E-state index >= 15 is 0 Å². The number of ether oxygens (including phenoxy) is 1. The van der Waals surface area contributed by atoms with Crippen LogP contribution in [0.1, 0.15) is 40.2 Å². The van der Waals surface area contributed by atoms with E-state index in [2.05, 4.69) is 92.8 Å². The smallest absolute Gasteiger partial charge is 0.142 e. The maximum Gasteiger partial charge on any atom is 0.142 e. The van der Waals surface area contributed by atoms with E-state index in [1.807, 2.05) is 6.33 Å². The van der Waals surface area contributed by atoms with E-state index in [-0.39, 0.29) is 0 Å². The minimum absolute atomic E-state index is 0.442. The molecular formula is C29H30BrN3O. The number of aryl methyl sites for hydroxylation is 3. The van der Waals surface area contributed by atoms with E-state index in [1.165, 1.54) is 39.0 Å². The Morgan fingerprint density at radius 1 is 1.03 bits per heavy atom. The number of nitrogens with zero attached hydrogens (tertiary/aromatic N) is 3. The van der Waals surface area contributed by atoms with Crippen molar-refractivity contribution >= 4 is 32.7 Å².